The lowest BCUT2D eigenvalue weighted by Gasteiger charge is -2.24. The molecule has 13 nitrogen and oxygen atoms in total. The number of carbonyl (C=O) groups is 5. The van der Waals surface area contributed by atoms with Gasteiger partial charge in [0.2, 0.25) is 23.6 Å². The molecule has 1 aromatic heterocycles. The van der Waals surface area contributed by atoms with E-state index in [0.717, 1.165) is 5.56 Å². The number of thioether (sulfide) groups is 1. The van der Waals surface area contributed by atoms with Crippen molar-refractivity contribution < 1.29 is 29.1 Å². The van der Waals surface area contributed by atoms with E-state index in [0.29, 0.717) is 11.4 Å². The summed E-state index contributed by atoms with van der Waals surface area (Å²) in [5, 5.41) is 16.8. The maximum atomic E-state index is 13.2. The van der Waals surface area contributed by atoms with Crippen LogP contribution in [0.15, 0.2) is 42.9 Å². The van der Waals surface area contributed by atoms with Crippen molar-refractivity contribution in [3.8, 4) is 0 Å². The number of carboxylic acids is 1. The van der Waals surface area contributed by atoms with E-state index in [1.165, 1.54) is 24.3 Å². The minimum absolute atomic E-state index is 0.0218. The first kappa shape index (κ1) is 30.3. The molecule has 0 radical (unpaired) electrons. The summed E-state index contributed by atoms with van der Waals surface area (Å²) < 4.78 is 0. The molecule has 4 atom stereocenters. The van der Waals surface area contributed by atoms with E-state index in [9.17, 15) is 29.1 Å². The van der Waals surface area contributed by atoms with Crippen LogP contribution in [0.5, 0.6) is 0 Å². The van der Waals surface area contributed by atoms with Crippen LogP contribution in [0.3, 0.4) is 0 Å². The van der Waals surface area contributed by atoms with Crippen LogP contribution in [-0.4, -0.2) is 80.8 Å². The van der Waals surface area contributed by atoms with Crippen LogP contribution < -0.4 is 27.4 Å². The van der Waals surface area contributed by atoms with Crippen LogP contribution in [0.25, 0.3) is 0 Å². The molecule has 4 unspecified atom stereocenters. The predicted molar refractivity (Wildman–Crippen MR) is 141 cm³/mol. The standard InChI is InChI=1S/C24H33N7O6S/c1-38-8-7-17(24(36)37)29-23(35)19(11-20(26)32)31-22(34)18(10-15-12-27-13-28-15)30-21(33)16(25)9-14-5-3-2-4-6-14/h2-6,12-13,16-19H,7-11,25H2,1H3,(H2,26,32)(H,27,28)(H,29,35)(H,30,33)(H,31,34)(H,36,37). The normalized spacial score (nSPS) is 13.9. The van der Waals surface area contributed by atoms with E-state index in [4.69, 9.17) is 11.5 Å². The lowest BCUT2D eigenvalue weighted by molar-refractivity contribution is -0.142. The first-order valence-corrected chi connectivity index (χ1v) is 13.2. The van der Waals surface area contributed by atoms with Crippen molar-refractivity contribution in [3.05, 3.63) is 54.1 Å². The van der Waals surface area contributed by atoms with E-state index in [2.05, 4.69) is 25.9 Å². The van der Waals surface area contributed by atoms with Crippen molar-refractivity contribution in [1.82, 2.24) is 25.9 Å². The molecule has 4 amide bonds. The summed E-state index contributed by atoms with van der Waals surface area (Å²) in [7, 11) is 0. The molecule has 0 spiro atoms. The Kier molecular flexibility index (Phi) is 12.3. The number of benzene rings is 1. The number of amides is 4. The number of primary amides is 1. The molecule has 1 heterocycles. The van der Waals surface area contributed by atoms with E-state index in [1.54, 1.807) is 6.26 Å². The number of carbonyl (C=O) groups excluding carboxylic acids is 4. The fourth-order valence-corrected chi connectivity index (χ4v) is 3.98. The first-order valence-electron chi connectivity index (χ1n) is 11.8. The molecule has 0 saturated carbocycles. The van der Waals surface area contributed by atoms with Crippen LogP contribution in [-0.2, 0) is 36.8 Å². The smallest absolute Gasteiger partial charge is 0.326 e. The van der Waals surface area contributed by atoms with Gasteiger partial charge in [0.15, 0.2) is 0 Å². The molecule has 0 bridgehead atoms. The zero-order valence-electron chi connectivity index (χ0n) is 20.9. The average molecular weight is 548 g/mol. The summed E-state index contributed by atoms with van der Waals surface area (Å²) in [6.45, 7) is 0. The van der Waals surface area contributed by atoms with Gasteiger partial charge in [-0.1, -0.05) is 30.3 Å². The molecule has 38 heavy (non-hydrogen) atoms. The molecule has 0 aliphatic rings. The number of nitrogens with two attached hydrogens (primary N) is 2. The molecule has 2 rings (SSSR count). The van der Waals surface area contributed by atoms with Crippen molar-refractivity contribution in [2.75, 3.05) is 12.0 Å². The first-order chi connectivity index (χ1) is 18.1. The lowest BCUT2D eigenvalue weighted by Crippen LogP contribution is -2.58. The largest absolute Gasteiger partial charge is 0.480 e. The van der Waals surface area contributed by atoms with E-state index < -0.39 is 60.2 Å². The van der Waals surface area contributed by atoms with E-state index >= 15 is 0 Å². The van der Waals surface area contributed by atoms with Crippen molar-refractivity contribution >= 4 is 41.4 Å². The Bertz CT molecular complexity index is 1080. The summed E-state index contributed by atoms with van der Waals surface area (Å²) >= 11 is 1.40. The third-order valence-electron chi connectivity index (χ3n) is 5.51. The van der Waals surface area contributed by atoms with Crippen LogP contribution >= 0.6 is 11.8 Å². The Hall–Kier alpha value is -3.91. The molecule has 206 valence electrons. The topological polar surface area (TPSA) is 222 Å². The van der Waals surface area contributed by atoms with Crippen molar-refractivity contribution in [2.24, 2.45) is 11.5 Å². The van der Waals surface area contributed by atoms with Gasteiger partial charge in [0, 0.05) is 18.3 Å². The number of aromatic nitrogens is 2. The van der Waals surface area contributed by atoms with Gasteiger partial charge in [0.05, 0.1) is 18.8 Å². The number of H-pyrrole nitrogens is 1. The predicted octanol–water partition coefficient (Wildman–Crippen LogP) is -1.31. The molecule has 9 N–H and O–H groups in total. The summed E-state index contributed by atoms with van der Waals surface area (Å²) in [5.74, 6) is -3.97. The summed E-state index contributed by atoms with van der Waals surface area (Å²) in [5.41, 5.74) is 12.7. The molecule has 14 heteroatoms. The minimum atomic E-state index is -1.46. The number of hydrogen-bond donors (Lipinski definition) is 7. The maximum Gasteiger partial charge on any atom is 0.326 e. The van der Waals surface area contributed by atoms with Crippen LogP contribution in [0.1, 0.15) is 24.1 Å². The quantitative estimate of drug-likeness (QED) is 0.132. The van der Waals surface area contributed by atoms with Gasteiger partial charge in [-0.15, -0.1) is 0 Å². The summed E-state index contributed by atoms with van der Waals surface area (Å²) in [6.07, 6.45) is 4.42. The highest BCUT2D eigenvalue weighted by molar-refractivity contribution is 7.98. The molecule has 2 aromatic rings. The number of nitrogens with zero attached hydrogens (tertiary/aromatic N) is 1. The number of carboxylic acid groups (broad SMARTS) is 1. The number of hydrogen-bond acceptors (Lipinski definition) is 8. The number of imidazole rings is 1. The molecule has 1 aromatic carbocycles. The molecular formula is C24H33N7O6S. The van der Waals surface area contributed by atoms with E-state index in [-0.39, 0.29) is 19.3 Å². The maximum absolute atomic E-state index is 13.2. The van der Waals surface area contributed by atoms with Gasteiger partial charge in [-0.3, -0.25) is 19.2 Å². The van der Waals surface area contributed by atoms with E-state index in [1.807, 2.05) is 30.3 Å². The molecular weight excluding hydrogens is 514 g/mol. The second-order valence-corrected chi connectivity index (χ2v) is 9.54. The van der Waals surface area contributed by atoms with Crippen molar-refractivity contribution in [3.63, 3.8) is 0 Å². The van der Waals surface area contributed by atoms with Crippen molar-refractivity contribution in [2.45, 2.75) is 49.9 Å². The van der Waals surface area contributed by atoms with Gasteiger partial charge in [-0.2, -0.15) is 11.8 Å². The van der Waals surface area contributed by atoms with Gasteiger partial charge in [0.1, 0.15) is 18.1 Å². The molecule has 0 saturated heterocycles. The summed E-state index contributed by atoms with van der Waals surface area (Å²) in [6, 6.07) is 4.25. The van der Waals surface area contributed by atoms with Crippen LogP contribution in [0.2, 0.25) is 0 Å². The average Bonchev–Trinajstić information content (AvgIpc) is 3.38. The second-order valence-electron chi connectivity index (χ2n) is 8.55. The fourth-order valence-electron chi connectivity index (χ4n) is 3.51. The van der Waals surface area contributed by atoms with Gasteiger partial charge in [-0.25, -0.2) is 9.78 Å². The highest BCUT2D eigenvalue weighted by atomic mass is 32.2. The Morgan fingerprint density at radius 3 is 2.18 bits per heavy atom. The number of rotatable bonds is 16. The highest BCUT2D eigenvalue weighted by Crippen LogP contribution is 2.06. The SMILES string of the molecule is CSCCC(NC(=O)C(CC(N)=O)NC(=O)C(Cc1cnc[nH]1)NC(=O)C(N)Cc1ccccc1)C(=O)O. The Balaban J connectivity index is 2.16. The zero-order chi connectivity index (χ0) is 28.1. The third kappa shape index (κ3) is 10.2. The van der Waals surface area contributed by atoms with Gasteiger partial charge in [-0.05, 0) is 30.4 Å². The monoisotopic (exact) mass is 547 g/mol. The van der Waals surface area contributed by atoms with Gasteiger partial charge in [0.25, 0.3) is 0 Å². The second kappa shape index (κ2) is 15.4. The molecule has 0 aliphatic heterocycles. The Morgan fingerprint density at radius 1 is 0.974 bits per heavy atom. The highest BCUT2D eigenvalue weighted by Gasteiger charge is 2.31. The summed E-state index contributed by atoms with van der Waals surface area (Å²) in [4.78, 5) is 68.8. The fraction of sp³-hybridized carbons (Fsp3) is 0.417. The number of aromatic amines is 1. The lowest BCUT2D eigenvalue weighted by atomic mass is 10.0. The Labute approximate surface area is 223 Å². The van der Waals surface area contributed by atoms with Crippen LogP contribution in [0.4, 0.5) is 0 Å². The van der Waals surface area contributed by atoms with Crippen molar-refractivity contribution in [1.29, 1.82) is 0 Å². The number of nitrogens with one attached hydrogen (secondary N) is 4. The zero-order valence-corrected chi connectivity index (χ0v) is 21.7. The van der Waals surface area contributed by atoms with Crippen LogP contribution in [0, 0.1) is 0 Å². The van der Waals surface area contributed by atoms with Gasteiger partial charge < -0.3 is 37.5 Å². The molecule has 0 aliphatic carbocycles. The Morgan fingerprint density at radius 2 is 1.61 bits per heavy atom. The minimum Gasteiger partial charge on any atom is -0.480 e. The molecule has 0 fully saturated rings. The van der Waals surface area contributed by atoms with Gasteiger partial charge >= 0.3 is 5.97 Å². The number of aliphatic carboxylic acids is 1. The third-order valence-corrected chi connectivity index (χ3v) is 6.15.